The Hall–Kier alpha value is -1.40. The first kappa shape index (κ1) is 16.0. The second-order valence-electron chi connectivity index (χ2n) is 5.61. The molecule has 0 bridgehead atoms. The van der Waals surface area contributed by atoms with Gasteiger partial charge in [-0.25, -0.2) is 8.42 Å². The Bertz CT molecular complexity index is 611. The lowest BCUT2D eigenvalue weighted by Gasteiger charge is -2.28. The predicted molar refractivity (Wildman–Crippen MR) is 82.2 cm³/mol. The zero-order chi connectivity index (χ0) is 15.5. The first-order valence-electron chi connectivity index (χ1n) is 7.22. The molecule has 0 spiro atoms. The monoisotopic (exact) mass is 310 g/mol. The van der Waals surface area contributed by atoms with Crippen LogP contribution in [0.2, 0.25) is 0 Å². The van der Waals surface area contributed by atoms with Crippen molar-refractivity contribution in [1.82, 2.24) is 9.62 Å². The van der Waals surface area contributed by atoms with Crippen molar-refractivity contribution in [1.29, 1.82) is 0 Å². The van der Waals surface area contributed by atoms with Crippen molar-refractivity contribution in [3.8, 4) is 0 Å². The van der Waals surface area contributed by atoms with E-state index in [1.807, 2.05) is 24.3 Å². The van der Waals surface area contributed by atoms with Crippen molar-refractivity contribution < 1.29 is 13.2 Å². The van der Waals surface area contributed by atoms with Crippen molar-refractivity contribution >= 4 is 15.9 Å². The van der Waals surface area contributed by atoms with Crippen LogP contribution in [0.1, 0.15) is 25.0 Å². The topological polar surface area (TPSA) is 66.5 Å². The van der Waals surface area contributed by atoms with Crippen molar-refractivity contribution in [2.75, 3.05) is 18.8 Å². The predicted octanol–water partition coefficient (Wildman–Crippen LogP) is 1.15. The van der Waals surface area contributed by atoms with Gasteiger partial charge < -0.3 is 5.32 Å². The van der Waals surface area contributed by atoms with Gasteiger partial charge in [-0.2, -0.15) is 4.31 Å². The highest BCUT2D eigenvalue weighted by atomic mass is 32.2. The number of carbonyl (C=O) groups is 1. The van der Waals surface area contributed by atoms with Crippen LogP contribution in [0.15, 0.2) is 24.3 Å². The van der Waals surface area contributed by atoms with Gasteiger partial charge in [0.05, 0.1) is 5.75 Å². The van der Waals surface area contributed by atoms with E-state index < -0.39 is 10.0 Å². The van der Waals surface area contributed by atoms with Gasteiger partial charge in [-0.3, -0.25) is 4.79 Å². The van der Waals surface area contributed by atoms with Gasteiger partial charge >= 0.3 is 0 Å². The highest BCUT2D eigenvalue weighted by Crippen LogP contribution is 2.20. The molecule has 1 aromatic rings. The highest BCUT2D eigenvalue weighted by Gasteiger charge is 2.26. The number of nitrogens with one attached hydrogen (secondary N) is 1. The normalized spacial score (nSPS) is 15.8. The Morgan fingerprint density at radius 1 is 1.29 bits per heavy atom. The number of amides is 1. The van der Waals surface area contributed by atoms with Crippen LogP contribution in [0.25, 0.3) is 0 Å². The Balaban J connectivity index is 1.94. The SMILES string of the molecule is CC(C)C(=O)NCCS(=O)(=O)N1CCc2ccccc2C1. The number of sulfonamides is 1. The van der Waals surface area contributed by atoms with Crippen LogP contribution in [0.3, 0.4) is 0 Å². The number of benzene rings is 1. The molecule has 0 saturated carbocycles. The summed E-state index contributed by atoms with van der Waals surface area (Å²) in [4.78, 5) is 11.4. The third-order valence-corrected chi connectivity index (χ3v) is 5.49. The van der Waals surface area contributed by atoms with Gasteiger partial charge in [-0.1, -0.05) is 38.1 Å². The molecule has 6 heteroatoms. The molecule has 1 amide bonds. The number of nitrogens with zero attached hydrogens (tertiary/aromatic N) is 1. The van der Waals surface area contributed by atoms with Crippen LogP contribution in [-0.2, 0) is 27.8 Å². The fourth-order valence-electron chi connectivity index (χ4n) is 2.34. The third-order valence-electron chi connectivity index (χ3n) is 3.67. The molecule has 0 aromatic heterocycles. The van der Waals surface area contributed by atoms with E-state index in [9.17, 15) is 13.2 Å². The van der Waals surface area contributed by atoms with Crippen LogP contribution in [0.4, 0.5) is 0 Å². The molecular weight excluding hydrogens is 288 g/mol. The lowest BCUT2D eigenvalue weighted by Crippen LogP contribution is -2.41. The van der Waals surface area contributed by atoms with Gasteiger partial charge in [0.15, 0.2) is 0 Å². The van der Waals surface area contributed by atoms with Crippen molar-refractivity contribution in [3.05, 3.63) is 35.4 Å². The molecule has 0 unspecified atom stereocenters. The fraction of sp³-hybridized carbons (Fsp3) is 0.533. The van der Waals surface area contributed by atoms with Gasteiger partial charge in [0.2, 0.25) is 15.9 Å². The summed E-state index contributed by atoms with van der Waals surface area (Å²) < 4.78 is 26.2. The van der Waals surface area contributed by atoms with Crippen LogP contribution in [0, 0.1) is 5.92 Å². The minimum atomic E-state index is -3.33. The minimum Gasteiger partial charge on any atom is -0.355 e. The van der Waals surface area contributed by atoms with Crippen LogP contribution >= 0.6 is 0 Å². The van der Waals surface area contributed by atoms with E-state index in [1.165, 1.54) is 9.87 Å². The second kappa shape index (κ2) is 6.58. The zero-order valence-corrected chi connectivity index (χ0v) is 13.3. The van der Waals surface area contributed by atoms with Gasteiger partial charge in [0.1, 0.15) is 0 Å². The molecule has 0 radical (unpaired) electrons. The Morgan fingerprint density at radius 2 is 1.95 bits per heavy atom. The summed E-state index contributed by atoms with van der Waals surface area (Å²) in [5.74, 6) is -0.295. The quantitative estimate of drug-likeness (QED) is 0.887. The Morgan fingerprint density at radius 3 is 2.62 bits per heavy atom. The molecule has 116 valence electrons. The lowest BCUT2D eigenvalue weighted by molar-refractivity contribution is -0.123. The summed E-state index contributed by atoms with van der Waals surface area (Å²) in [6, 6.07) is 7.92. The molecule has 0 saturated heterocycles. The molecule has 0 aliphatic carbocycles. The summed E-state index contributed by atoms with van der Waals surface area (Å²) in [6.45, 7) is 4.67. The number of carbonyl (C=O) groups excluding carboxylic acids is 1. The molecule has 21 heavy (non-hydrogen) atoms. The molecule has 1 aliphatic heterocycles. The number of fused-ring (bicyclic) bond motifs is 1. The standard InChI is InChI=1S/C15H22N2O3S/c1-12(2)15(18)16-8-10-21(19,20)17-9-7-13-5-3-4-6-14(13)11-17/h3-6,12H,7-11H2,1-2H3,(H,16,18). The molecule has 1 aromatic carbocycles. The maximum Gasteiger partial charge on any atom is 0.222 e. The summed E-state index contributed by atoms with van der Waals surface area (Å²) in [7, 11) is -3.33. The van der Waals surface area contributed by atoms with Crippen molar-refractivity contribution in [2.45, 2.75) is 26.8 Å². The van der Waals surface area contributed by atoms with Crippen LogP contribution in [0.5, 0.6) is 0 Å². The highest BCUT2D eigenvalue weighted by molar-refractivity contribution is 7.89. The first-order valence-corrected chi connectivity index (χ1v) is 8.83. The molecule has 1 aliphatic rings. The summed E-state index contributed by atoms with van der Waals surface area (Å²) >= 11 is 0. The average Bonchev–Trinajstić information content (AvgIpc) is 2.46. The van der Waals surface area contributed by atoms with E-state index in [-0.39, 0.29) is 24.1 Å². The van der Waals surface area contributed by atoms with Crippen LogP contribution < -0.4 is 5.32 Å². The Labute approximate surface area is 126 Å². The van der Waals surface area contributed by atoms with E-state index in [2.05, 4.69) is 5.32 Å². The van der Waals surface area contributed by atoms with Gasteiger partial charge in [0, 0.05) is 25.6 Å². The molecule has 1 N–H and O–H groups in total. The molecule has 5 nitrogen and oxygen atoms in total. The molecule has 0 atom stereocenters. The molecule has 0 fully saturated rings. The van der Waals surface area contributed by atoms with Crippen LogP contribution in [-0.4, -0.2) is 37.5 Å². The number of hydrogen-bond donors (Lipinski definition) is 1. The largest absolute Gasteiger partial charge is 0.355 e. The van der Waals surface area contributed by atoms with Crippen molar-refractivity contribution in [3.63, 3.8) is 0 Å². The van der Waals surface area contributed by atoms with Gasteiger partial charge in [0.25, 0.3) is 0 Å². The summed E-state index contributed by atoms with van der Waals surface area (Å²) in [5.41, 5.74) is 2.29. The first-order chi connectivity index (χ1) is 9.90. The Kier molecular flexibility index (Phi) is 5.00. The molecule has 1 heterocycles. The maximum absolute atomic E-state index is 12.3. The smallest absolute Gasteiger partial charge is 0.222 e. The van der Waals surface area contributed by atoms with Crippen molar-refractivity contribution in [2.24, 2.45) is 5.92 Å². The zero-order valence-electron chi connectivity index (χ0n) is 12.5. The minimum absolute atomic E-state index is 0.0480. The lowest BCUT2D eigenvalue weighted by atomic mass is 10.0. The maximum atomic E-state index is 12.3. The average molecular weight is 310 g/mol. The van der Waals surface area contributed by atoms with Gasteiger partial charge in [-0.05, 0) is 17.5 Å². The van der Waals surface area contributed by atoms with E-state index in [1.54, 1.807) is 13.8 Å². The van der Waals surface area contributed by atoms with E-state index in [4.69, 9.17) is 0 Å². The molecular formula is C15H22N2O3S. The van der Waals surface area contributed by atoms with E-state index in [0.717, 1.165) is 12.0 Å². The van der Waals surface area contributed by atoms with E-state index in [0.29, 0.717) is 13.1 Å². The molecule has 2 rings (SSSR count). The summed E-state index contributed by atoms with van der Waals surface area (Å²) in [5, 5.41) is 2.65. The van der Waals surface area contributed by atoms with Gasteiger partial charge in [-0.15, -0.1) is 0 Å². The van der Waals surface area contributed by atoms with E-state index >= 15 is 0 Å². The summed E-state index contributed by atoms with van der Waals surface area (Å²) in [6.07, 6.45) is 0.744. The third kappa shape index (κ3) is 4.04. The fourth-order valence-corrected chi connectivity index (χ4v) is 3.67. The number of hydrogen-bond acceptors (Lipinski definition) is 3. The number of rotatable bonds is 5. The second-order valence-corrected chi connectivity index (χ2v) is 7.70.